The quantitative estimate of drug-likeness (QED) is 0.898. The molecule has 0 bridgehead atoms. The van der Waals surface area contributed by atoms with Gasteiger partial charge in [0, 0.05) is 16.8 Å². The lowest BCUT2D eigenvalue weighted by Crippen LogP contribution is -2.17. The Morgan fingerprint density at radius 3 is 2.88 bits per heavy atom. The minimum Gasteiger partial charge on any atom is -0.338 e. The molecule has 0 amide bonds. The van der Waals surface area contributed by atoms with Crippen LogP contribution in [0.15, 0.2) is 4.52 Å². The zero-order valence-corrected chi connectivity index (χ0v) is 11.4. The highest BCUT2D eigenvalue weighted by atomic mass is 32.2. The van der Waals surface area contributed by atoms with Crippen molar-refractivity contribution in [3.8, 4) is 0 Å². The van der Waals surface area contributed by atoms with Crippen LogP contribution in [0.2, 0.25) is 0 Å². The first-order chi connectivity index (χ1) is 7.72. The van der Waals surface area contributed by atoms with Crippen LogP contribution >= 0.6 is 23.5 Å². The minimum atomic E-state index is 0.123. The standard InChI is InChI=1S/C10H17N3OS2/c1-6(11-3)10-12-9(13-14-10)8-7(2)15-4-5-16-8/h6-8,11H,4-5H2,1-3H3. The summed E-state index contributed by atoms with van der Waals surface area (Å²) < 4.78 is 5.27. The molecular formula is C10H17N3OS2. The van der Waals surface area contributed by atoms with Crippen molar-refractivity contribution >= 4 is 23.5 Å². The highest BCUT2D eigenvalue weighted by Gasteiger charge is 2.28. The van der Waals surface area contributed by atoms with E-state index in [9.17, 15) is 0 Å². The summed E-state index contributed by atoms with van der Waals surface area (Å²) in [5.41, 5.74) is 0. The maximum atomic E-state index is 5.27. The van der Waals surface area contributed by atoms with E-state index in [1.165, 1.54) is 11.5 Å². The van der Waals surface area contributed by atoms with Crippen LogP contribution in [0, 0.1) is 0 Å². The number of nitrogens with zero attached hydrogens (tertiary/aromatic N) is 2. The summed E-state index contributed by atoms with van der Waals surface area (Å²) in [7, 11) is 1.89. The summed E-state index contributed by atoms with van der Waals surface area (Å²) in [6.45, 7) is 4.25. The number of aromatic nitrogens is 2. The molecule has 1 saturated heterocycles. The molecular weight excluding hydrogens is 242 g/mol. The number of hydrogen-bond donors (Lipinski definition) is 1. The third-order valence-corrected chi connectivity index (χ3v) is 5.79. The zero-order chi connectivity index (χ0) is 11.5. The molecule has 0 spiro atoms. The Balaban J connectivity index is 2.11. The average molecular weight is 259 g/mol. The first kappa shape index (κ1) is 12.3. The molecule has 4 nitrogen and oxygen atoms in total. The molecule has 0 saturated carbocycles. The van der Waals surface area contributed by atoms with Crippen LogP contribution in [-0.4, -0.2) is 33.9 Å². The van der Waals surface area contributed by atoms with E-state index < -0.39 is 0 Å². The lowest BCUT2D eigenvalue weighted by molar-refractivity contribution is 0.343. The maximum absolute atomic E-state index is 5.27. The van der Waals surface area contributed by atoms with Crippen molar-refractivity contribution in [1.82, 2.24) is 15.5 Å². The lowest BCUT2D eigenvalue weighted by Gasteiger charge is -2.24. The third kappa shape index (κ3) is 2.55. The second-order valence-corrected chi connectivity index (χ2v) is 6.60. The van der Waals surface area contributed by atoms with Gasteiger partial charge in [-0.1, -0.05) is 12.1 Å². The van der Waals surface area contributed by atoms with E-state index >= 15 is 0 Å². The highest BCUT2D eigenvalue weighted by Crippen LogP contribution is 2.41. The highest BCUT2D eigenvalue weighted by molar-refractivity contribution is 8.06. The number of hydrogen-bond acceptors (Lipinski definition) is 6. The fourth-order valence-electron chi connectivity index (χ4n) is 1.58. The van der Waals surface area contributed by atoms with Gasteiger partial charge in [-0.2, -0.15) is 16.7 Å². The molecule has 0 aliphatic carbocycles. The van der Waals surface area contributed by atoms with Gasteiger partial charge in [0.05, 0.1) is 11.3 Å². The average Bonchev–Trinajstić information content (AvgIpc) is 2.78. The predicted molar refractivity (Wildman–Crippen MR) is 68.9 cm³/mol. The van der Waals surface area contributed by atoms with Crippen LogP contribution in [-0.2, 0) is 0 Å². The molecule has 1 aromatic heterocycles. The first-order valence-corrected chi connectivity index (χ1v) is 7.56. The summed E-state index contributed by atoms with van der Waals surface area (Å²) in [6.07, 6.45) is 0. The number of rotatable bonds is 3. The van der Waals surface area contributed by atoms with Crippen LogP contribution in [0.4, 0.5) is 0 Å². The molecule has 6 heteroatoms. The molecule has 1 aliphatic rings. The van der Waals surface area contributed by atoms with Crippen molar-refractivity contribution in [2.75, 3.05) is 18.6 Å². The SMILES string of the molecule is CNC(C)c1nc(C2SCCSC2C)no1. The van der Waals surface area contributed by atoms with Gasteiger partial charge in [-0.15, -0.1) is 11.8 Å². The van der Waals surface area contributed by atoms with Gasteiger partial charge < -0.3 is 9.84 Å². The number of nitrogens with one attached hydrogen (secondary N) is 1. The molecule has 3 unspecified atom stereocenters. The molecule has 90 valence electrons. The topological polar surface area (TPSA) is 51.0 Å². The van der Waals surface area contributed by atoms with E-state index in [-0.39, 0.29) is 6.04 Å². The van der Waals surface area contributed by atoms with Crippen LogP contribution in [0.25, 0.3) is 0 Å². The Kier molecular flexibility index (Phi) is 4.16. The van der Waals surface area contributed by atoms with E-state index in [1.807, 2.05) is 37.5 Å². The summed E-state index contributed by atoms with van der Waals surface area (Å²) in [4.78, 5) is 4.48. The molecule has 1 aliphatic heterocycles. The van der Waals surface area contributed by atoms with Crippen molar-refractivity contribution in [3.63, 3.8) is 0 Å². The van der Waals surface area contributed by atoms with E-state index in [4.69, 9.17) is 4.52 Å². The molecule has 2 heterocycles. The molecule has 0 radical (unpaired) electrons. The molecule has 1 N–H and O–H groups in total. The summed E-state index contributed by atoms with van der Waals surface area (Å²) in [5, 5.41) is 8.14. The Hall–Kier alpha value is -0.200. The third-order valence-electron chi connectivity index (χ3n) is 2.70. The van der Waals surface area contributed by atoms with Crippen LogP contribution < -0.4 is 5.32 Å². The van der Waals surface area contributed by atoms with E-state index in [1.54, 1.807) is 0 Å². The van der Waals surface area contributed by atoms with Gasteiger partial charge in [0.25, 0.3) is 0 Å². The molecule has 3 atom stereocenters. The van der Waals surface area contributed by atoms with Gasteiger partial charge in [-0.05, 0) is 14.0 Å². The number of thioether (sulfide) groups is 2. The predicted octanol–water partition coefficient (Wildman–Crippen LogP) is 2.26. The van der Waals surface area contributed by atoms with Gasteiger partial charge in [-0.3, -0.25) is 0 Å². The van der Waals surface area contributed by atoms with Gasteiger partial charge in [0.1, 0.15) is 0 Å². The van der Waals surface area contributed by atoms with Crippen molar-refractivity contribution in [2.24, 2.45) is 0 Å². The smallest absolute Gasteiger partial charge is 0.243 e. The van der Waals surface area contributed by atoms with Crippen LogP contribution in [0.5, 0.6) is 0 Å². The van der Waals surface area contributed by atoms with Gasteiger partial charge in [0.15, 0.2) is 5.82 Å². The Labute approximate surface area is 104 Å². The maximum Gasteiger partial charge on any atom is 0.243 e. The summed E-state index contributed by atoms with van der Waals surface area (Å²) in [6, 6.07) is 0.123. The molecule has 0 aromatic carbocycles. The van der Waals surface area contributed by atoms with Crippen LogP contribution in [0.3, 0.4) is 0 Å². The second kappa shape index (κ2) is 5.42. The van der Waals surface area contributed by atoms with E-state index in [0.717, 1.165) is 5.82 Å². The fourth-order valence-corrected chi connectivity index (χ4v) is 4.26. The largest absolute Gasteiger partial charge is 0.338 e. The lowest BCUT2D eigenvalue weighted by atomic mass is 10.3. The first-order valence-electron chi connectivity index (χ1n) is 5.46. The van der Waals surface area contributed by atoms with Gasteiger partial charge >= 0.3 is 0 Å². The second-order valence-electron chi connectivity index (χ2n) is 3.87. The molecule has 2 rings (SSSR count). The Morgan fingerprint density at radius 2 is 2.19 bits per heavy atom. The van der Waals surface area contributed by atoms with Crippen molar-refractivity contribution in [2.45, 2.75) is 30.4 Å². The van der Waals surface area contributed by atoms with Crippen molar-refractivity contribution in [1.29, 1.82) is 0 Å². The van der Waals surface area contributed by atoms with Crippen molar-refractivity contribution < 1.29 is 4.52 Å². The van der Waals surface area contributed by atoms with Gasteiger partial charge in [-0.25, -0.2) is 0 Å². The zero-order valence-electron chi connectivity index (χ0n) is 9.77. The summed E-state index contributed by atoms with van der Waals surface area (Å²) >= 11 is 3.92. The Bertz CT molecular complexity index is 345. The fraction of sp³-hybridized carbons (Fsp3) is 0.800. The summed E-state index contributed by atoms with van der Waals surface area (Å²) in [5.74, 6) is 3.92. The van der Waals surface area contributed by atoms with E-state index in [0.29, 0.717) is 16.4 Å². The normalized spacial score (nSPS) is 27.9. The van der Waals surface area contributed by atoms with Crippen molar-refractivity contribution in [3.05, 3.63) is 11.7 Å². The molecule has 1 aromatic rings. The minimum absolute atomic E-state index is 0.123. The van der Waals surface area contributed by atoms with E-state index in [2.05, 4.69) is 22.4 Å². The molecule has 1 fully saturated rings. The van der Waals surface area contributed by atoms with Crippen LogP contribution in [0.1, 0.15) is 36.9 Å². The monoisotopic (exact) mass is 259 g/mol. The molecule has 16 heavy (non-hydrogen) atoms. The van der Waals surface area contributed by atoms with Gasteiger partial charge in [0.2, 0.25) is 5.89 Å². The Morgan fingerprint density at radius 1 is 1.44 bits per heavy atom.